The highest BCUT2D eigenvalue weighted by atomic mass is 16.6. The first-order chi connectivity index (χ1) is 10.5. The summed E-state index contributed by atoms with van der Waals surface area (Å²) >= 11 is 0. The molecule has 6 heteroatoms. The third kappa shape index (κ3) is 3.88. The van der Waals surface area contributed by atoms with E-state index in [1.165, 1.54) is 13.0 Å². The minimum Gasteiger partial charge on any atom is -0.321 e. The Hall–Kier alpha value is -2.76. The molecule has 0 saturated carbocycles. The molecular weight excluding hydrogens is 282 g/mol. The normalized spacial score (nSPS) is 10.3. The second-order valence-corrected chi connectivity index (χ2v) is 5.06. The number of nitro groups is 1. The van der Waals surface area contributed by atoms with E-state index in [9.17, 15) is 14.9 Å². The summed E-state index contributed by atoms with van der Waals surface area (Å²) in [5, 5.41) is 13.6. The fourth-order valence-electron chi connectivity index (χ4n) is 2.22. The third-order valence-corrected chi connectivity index (χ3v) is 3.34. The van der Waals surface area contributed by atoms with Gasteiger partial charge in [-0.1, -0.05) is 12.1 Å². The molecule has 2 aromatic rings. The van der Waals surface area contributed by atoms with E-state index in [1.54, 1.807) is 18.3 Å². The van der Waals surface area contributed by atoms with Crippen LogP contribution in [0.5, 0.6) is 0 Å². The predicted molar refractivity (Wildman–Crippen MR) is 83.8 cm³/mol. The van der Waals surface area contributed by atoms with Crippen molar-refractivity contribution in [2.45, 2.75) is 26.7 Å². The number of aryl methyl sites for hydroxylation is 3. The van der Waals surface area contributed by atoms with Crippen LogP contribution in [0.25, 0.3) is 0 Å². The van der Waals surface area contributed by atoms with Gasteiger partial charge in [-0.3, -0.25) is 19.9 Å². The van der Waals surface area contributed by atoms with Gasteiger partial charge in [0, 0.05) is 24.9 Å². The van der Waals surface area contributed by atoms with Gasteiger partial charge in [0.05, 0.1) is 4.92 Å². The molecule has 1 amide bonds. The lowest BCUT2D eigenvalue weighted by Crippen LogP contribution is -2.08. The number of hydrogen-bond acceptors (Lipinski definition) is 4. The summed E-state index contributed by atoms with van der Waals surface area (Å²) in [6.07, 6.45) is 3.10. The minimum absolute atomic E-state index is 0.0922. The molecule has 2 rings (SSSR count). The van der Waals surface area contributed by atoms with Crippen LogP contribution in [-0.4, -0.2) is 15.8 Å². The number of nitro benzene ring substituents is 1. The molecule has 0 atom stereocenters. The highest BCUT2D eigenvalue weighted by molar-refractivity contribution is 5.91. The largest absolute Gasteiger partial charge is 0.321 e. The number of amides is 1. The van der Waals surface area contributed by atoms with Crippen molar-refractivity contribution < 1.29 is 9.72 Å². The Labute approximate surface area is 128 Å². The van der Waals surface area contributed by atoms with Gasteiger partial charge in [-0.15, -0.1) is 0 Å². The Morgan fingerprint density at radius 3 is 2.73 bits per heavy atom. The molecule has 0 bridgehead atoms. The summed E-state index contributed by atoms with van der Waals surface area (Å²) in [7, 11) is 0. The average molecular weight is 299 g/mol. The quantitative estimate of drug-likeness (QED) is 0.679. The van der Waals surface area contributed by atoms with E-state index in [0.717, 1.165) is 16.8 Å². The Kier molecular flexibility index (Phi) is 4.83. The van der Waals surface area contributed by atoms with Gasteiger partial charge >= 0.3 is 0 Å². The number of aromatic nitrogens is 1. The zero-order valence-electron chi connectivity index (χ0n) is 12.5. The van der Waals surface area contributed by atoms with E-state index in [0.29, 0.717) is 12.8 Å². The number of rotatable bonds is 5. The first-order valence-corrected chi connectivity index (χ1v) is 6.93. The zero-order valence-corrected chi connectivity index (χ0v) is 12.5. The smallest absolute Gasteiger partial charge is 0.293 e. The molecule has 0 aliphatic heterocycles. The van der Waals surface area contributed by atoms with Crippen LogP contribution in [0.4, 0.5) is 11.4 Å². The molecule has 1 aromatic heterocycles. The van der Waals surface area contributed by atoms with Crippen molar-refractivity contribution in [1.82, 2.24) is 4.98 Å². The van der Waals surface area contributed by atoms with Gasteiger partial charge in [-0.25, -0.2) is 0 Å². The number of carbonyl (C=O) groups excluding carboxylic acids is 1. The monoisotopic (exact) mass is 299 g/mol. The first-order valence-electron chi connectivity index (χ1n) is 6.93. The van der Waals surface area contributed by atoms with Gasteiger partial charge in [-0.2, -0.15) is 0 Å². The molecule has 0 radical (unpaired) electrons. The number of nitrogens with zero attached hydrogens (tertiary/aromatic N) is 2. The van der Waals surface area contributed by atoms with E-state index in [2.05, 4.69) is 10.3 Å². The van der Waals surface area contributed by atoms with Gasteiger partial charge in [0.2, 0.25) is 5.91 Å². The van der Waals surface area contributed by atoms with E-state index in [-0.39, 0.29) is 17.3 Å². The minimum atomic E-state index is -0.485. The lowest BCUT2D eigenvalue weighted by Gasteiger charge is -2.07. The highest BCUT2D eigenvalue weighted by Gasteiger charge is 2.15. The Bertz CT molecular complexity index is 714. The maximum atomic E-state index is 11.1. The summed E-state index contributed by atoms with van der Waals surface area (Å²) in [4.78, 5) is 26.0. The molecular formula is C16H17N3O3. The fraction of sp³-hybridized carbons (Fsp3) is 0.250. The zero-order chi connectivity index (χ0) is 16.1. The molecule has 0 unspecified atom stereocenters. The van der Waals surface area contributed by atoms with Gasteiger partial charge < -0.3 is 5.32 Å². The van der Waals surface area contributed by atoms with Crippen molar-refractivity contribution in [2.24, 2.45) is 0 Å². The lowest BCUT2D eigenvalue weighted by molar-refractivity contribution is -0.384. The van der Waals surface area contributed by atoms with Gasteiger partial charge in [0.25, 0.3) is 5.69 Å². The maximum Gasteiger partial charge on any atom is 0.293 e. The van der Waals surface area contributed by atoms with Crippen LogP contribution in [0.15, 0.2) is 36.5 Å². The van der Waals surface area contributed by atoms with Crippen molar-refractivity contribution >= 4 is 17.3 Å². The van der Waals surface area contributed by atoms with Crippen LogP contribution in [0.3, 0.4) is 0 Å². The van der Waals surface area contributed by atoms with Gasteiger partial charge in [-0.05, 0) is 43.0 Å². The molecule has 6 nitrogen and oxygen atoms in total. The van der Waals surface area contributed by atoms with Gasteiger partial charge in [0.1, 0.15) is 5.69 Å². The number of nitrogens with one attached hydrogen (secondary N) is 1. The van der Waals surface area contributed by atoms with Crippen LogP contribution < -0.4 is 5.32 Å². The third-order valence-electron chi connectivity index (χ3n) is 3.34. The topological polar surface area (TPSA) is 85.1 Å². The Balaban J connectivity index is 2.18. The SMILES string of the molecule is CC(=O)Nc1ccc(CCc2ncccc2C)cc1[N+](=O)[O-]. The van der Waals surface area contributed by atoms with Crippen molar-refractivity contribution in [3.05, 3.63) is 63.5 Å². The average Bonchev–Trinajstić information content (AvgIpc) is 2.46. The summed E-state index contributed by atoms with van der Waals surface area (Å²) in [6, 6.07) is 8.73. The number of carbonyl (C=O) groups is 1. The van der Waals surface area contributed by atoms with Crippen molar-refractivity contribution in [2.75, 3.05) is 5.32 Å². The maximum absolute atomic E-state index is 11.1. The molecule has 1 aromatic carbocycles. The molecule has 0 aliphatic carbocycles. The fourth-order valence-corrected chi connectivity index (χ4v) is 2.22. The molecule has 114 valence electrons. The highest BCUT2D eigenvalue weighted by Crippen LogP contribution is 2.26. The first kappa shape index (κ1) is 15.6. The summed E-state index contributed by atoms with van der Waals surface area (Å²) in [5.41, 5.74) is 3.05. The molecule has 0 fully saturated rings. The van der Waals surface area contributed by atoms with E-state index in [4.69, 9.17) is 0 Å². The second-order valence-electron chi connectivity index (χ2n) is 5.06. The second kappa shape index (κ2) is 6.80. The van der Waals surface area contributed by atoms with Crippen LogP contribution in [0, 0.1) is 17.0 Å². The van der Waals surface area contributed by atoms with E-state index >= 15 is 0 Å². The number of pyridine rings is 1. The van der Waals surface area contributed by atoms with E-state index < -0.39 is 4.92 Å². The molecule has 1 N–H and O–H groups in total. The molecule has 0 spiro atoms. The molecule has 0 aliphatic rings. The molecule has 0 saturated heterocycles. The Morgan fingerprint density at radius 2 is 2.09 bits per heavy atom. The number of benzene rings is 1. The van der Waals surface area contributed by atoms with Crippen LogP contribution in [0.1, 0.15) is 23.7 Å². The summed E-state index contributed by atoms with van der Waals surface area (Å²) in [5.74, 6) is -0.333. The van der Waals surface area contributed by atoms with E-state index in [1.807, 2.05) is 19.1 Å². The predicted octanol–water partition coefficient (Wildman–Crippen LogP) is 3.04. The van der Waals surface area contributed by atoms with Crippen molar-refractivity contribution in [3.8, 4) is 0 Å². The van der Waals surface area contributed by atoms with Crippen LogP contribution >= 0.6 is 0 Å². The summed E-state index contributed by atoms with van der Waals surface area (Å²) in [6.45, 7) is 3.31. The molecule has 22 heavy (non-hydrogen) atoms. The van der Waals surface area contributed by atoms with Gasteiger partial charge in [0.15, 0.2) is 0 Å². The number of hydrogen-bond donors (Lipinski definition) is 1. The Morgan fingerprint density at radius 1 is 1.32 bits per heavy atom. The van der Waals surface area contributed by atoms with Crippen molar-refractivity contribution in [3.63, 3.8) is 0 Å². The lowest BCUT2D eigenvalue weighted by atomic mass is 10.0. The van der Waals surface area contributed by atoms with Crippen molar-refractivity contribution in [1.29, 1.82) is 0 Å². The van der Waals surface area contributed by atoms with Crippen LogP contribution in [0.2, 0.25) is 0 Å². The van der Waals surface area contributed by atoms with Crippen LogP contribution in [-0.2, 0) is 17.6 Å². The summed E-state index contributed by atoms with van der Waals surface area (Å²) < 4.78 is 0. The number of anilines is 1. The molecule has 1 heterocycles. The standard InChI is InChI=1S/C16H17N3O3/c1-11-4-3-9-17-14(11)7-5-13-6-8-15(18-12(2)20)16(10-13)19(21)22/h3-4,6,8-10H,5,7H2,1-2H3,(H,18,20).